The Morgan fingerprint density at radius 3 is 2.10 bits per heavy atom. The number of hydrogen-bond acceptors (Lipinski definition) is 5. The molecule has 2 aliphatic rings. The second-order valence-electron chi connectivity index (χ2n) is 5.36. The van der Waals surface area contributed by atoms with E-state index in [9.17, 15) is 19.2 Å². The van der Waals surface area contributed by atoms with Gasteiger partial charge in [-0.15, -0.1) is 0 Å². The molecule has 21 heavy (non-hydrogen) atoms. The maximum atomic E-state index is 12.3. The molecule has 7 heteroatoms. The highest BCUT2D eigenvalue weighted by atomic mass is 16.5. The lowest BCUT2D eigenvalue weighted by molar-refractivity contribution is -0.163. The number of ether oxygens (including phenoxy) is 1. The minimum absolute atomic E-state index is 0.356. The lowest BCUT2D eigenvalue weighted by Gasteiger charge is -2.22. The van der Waals surface area contributed by atoms with Gasteiger partial charge < -0.3 is 10.5 Å². The van der Waals surface area contributed by atoms with Crippen LogP contribution >= 0.6 is 0 Å². The number of nitrogens with two attached hydrogens (primary N) is 1. The lowest BCUT2D eigenvalue weighted by Crippen LogP contribution is -2.46. The van der Waals surface area contributed by atoms with E-state index in [0.29, 0.717) is 12.8 Å². The van der Waals surface area contributed by atoms with E-state index in [-0.39, 0.29) is 11.8 Å². The summed E-state index contributed by atoms with van der Waals surface area (Å²) in [4.78, 5) is 48.4. The fourth-order valence-corrected chi connectivity index (χ4v) is 2.64. The summed E-state index contributed by atoms with van der Waals surface area (Å²) in [7, 11) is 0. The minimum Gasteiger partial charge on any atom is -0.451 e. The molecule has 1 aliphatic carbocycles. The highest BCUT2D eigenvalue weighted by Gasteiger charge is 2.50. The molecule has 1 heterocycles. The highest BCUT2D eigenvalue weighted by Crippen LogP contribution is 2.36. The molecule has 0 aromatic rings. The molecule has 1 fully saturated rings. The molecule has 0 aromatic carbocycles. The third kappa shape index (κ3) is 2.68. The summed E-state index contributed by atoms with van der Waals surface area (Å²) in [6.07, 6.45) is 3.65. The zero-order chi connectivity index (χ0) is 15.7. The van der Waals surface area contributed by atoms with Gasteiger partial charge in [-0.05, 0) is 26.7 Å². The first kappa shape index (κ1) is 15.2. The number of esters is 1. The quantitative estimate of drug-likeness (QED) is 0.437. The zero-order valence-corrected chi connectivity index (χ0v) is 11.9. The van der Waals surface area contributed by atoms with Crippen molar-refractivity contribution in [2.24, 2.45) is 17.6 Å². The summed E-state index contributed by atoms with van der Waals surface area (Å²) >= 11 is 0. The van der Waals surface area contributed by atoms with Crippen molar-refractivity contribution in [3.05, 3.63) is 12.2 Å². The number of allylic oxidation sites excluding steroid dienone is 2. The number of amides is 3. The van der Waals surface area contributed by atoms with Crippen molar-refractivity contribution in [2.45, 2.75) is 38.8 Å². The summed E-state index contributed by atoms with van der Waals surface area (Å²) < 4.78 is 4.86. The molecule has 4 atom stereocenters. The number of carbonyl (C=O) groups is 4. The molecule has 114 valence electrons. The normalized spacial score (nSPS) is 27.2. The summed E-state index contributed by atoms with van der Waals surface area (Å²) in [5, 5.41) is 0. The molecule has 0 unspecified atom stereocenters. The first-order valence-corrected chi connectivity index (χ1v) is 6.86. The Hall–Kier alpha value is -2.18. The predicted octanol–water partition coefficient (Wildman–Crippen LogP) is -0.257. The van der Waals surface area contributed by atoms with Crippen molar-refractivity contribution in [3.8, 4) is 0 Å². The number of fused-ring (bicyclic) bond motifs is 1. The molecular weight excluding hydrogens is 276 g/mol. The Kier molecular flexibility index (Phi) is 4.11. The van der Waals surface area contributed by atoms with Crippen LogP contribution in [-0.4, -0.2) is 40.7 Å². The van der Waals surface area contributed by atoms with Crippen LogP contribution < -0.4 is 5.73 Å². The van der Waals surface area contributed by atoms with Gasteiger partial charge in [-0.25, -0.2) is 4.79 Å². The van der Waals surface area contributed by atoms with Crippen LogP contribution in [0.5, 0.6) is 0 Å². The van der Waals surface area contributed by atoms with Crippen LogP contribution in [0.3, 0.4) is 0 Å². The Morgan fingerprint density at radius 2 is 1.67 bits per heavy atom. The summed E-state index contributed by atoms with van der Waals surface area (Å²) in [6.45, 7) is 2.75. The van der Waals surface area contributed by atoms with E-state index >= 15 is 0 Å². The second-order valence-corrected chi connectivity index (χ2v) is 5.36. The van der Waals surface area contributed by atoms with E-state index in [1.54, 1.807) is 0 Å². The van der Waals surface area contributed by atoms with Crippen LogP contribution in [0.4, 0.5) is 0 Å². The van der Waals surface area contributed by atoms with Crippen molar-refractivity contribution in [3.63, 3.8) is 0 Å². The molecule has 0 bridgehead atoms. The smallest absolute Gasteiger partial charge is 0.329 e. The number of nitrogens with zero attached hydrogens (tertiary/aromatic N) is 1. The molecular formula is C14H18N2O5. The Bertz CT molecular complexity index is 501. The maximum Gasteiger partial charge on any atom is 0.329 e. The minimum atomic E-state index is -1.10. The van der Waals surface area contributed by atoms with Gasteiger partial charge in [0.2, 0.25) is 11.8 Å². The second kappa shape index (κ2) is 5.67. The van der Waals surface area contributed by atoms with Gasteiger partial charge in [0.15, 0.2) is 6.10 Å². The SMILES string of the molecule is C[C@H](OC(=O)[C@H](C)N1C(=O)[C@H]2CC=CC[C@@H]2C1=O)C(N)=O. The van der Waals surface area contributed by atoms with E-state index in [1.807, 2.05) is 12.2 Å². The van der Waals surface area contributed by atoms with E-state index in [0.717, 1.165) is 4.90 Å². The molecule has 0 spiro atoms. The Labute approximate surface area is 122 Å². The predicted molar refractivity (Wildman–Crippen MR) is 71.4 cm³/mol. The maximum absolute atomic E-state index is 12.3. The molecule has 2 rings (SSSR count). The third-order valence-electron chi connectivity index (χ3n) is 3.96. The molecule has 3 amide bonds. The average Bonchev–Trinajstić information content (AvgIpc) is 2.70. The van der Waals surface area contributed by atoms with E-state index < -0.39 is 35.9 Å². The topological polar surface area (TPSA) is 107 Å². The first-order valence-electron chi connectivity index (χ1n) is 6.86. The molecule has 0 radical (unpaired) electrons. The average molecular weight is 294 g/mol. The highest BCUT2D eigenvalue weighted by molar-refractivity contribution is 6.08. The van der Waals surface area contributed by atoms with Crippen LogP contribution in [0.25, 0.3) is 0 Å². The van der Waals surface area contributed by atoms with Gasteiger partial charge in [0, 0.05) is 0 Å². The van der Waals surface area contributed by atoms with Crippen LogP contribution in [-0.2, 0) is 23.9 Å². The number of hydrogen-bond donors (Lipinski definition) is 1. The number of primary amides is 1. The monoisotopic (exact) mass is 294 g/mol. The molecule has 1 saturated heterocycles. The van der Waals surface area contributed by atoms with Gasteiger partial charge in [-0.2, -0.15) is 0 Å². The van der Waals surface area contributed by atoms with Crippen LogP contribution in [0, 0.1) is 11.8 Å². The first-order chi connectivity index (χ1) is 9.84. The van der Waals surface area contributed by atoms with Crippen molar-refractivity contribution in [1.29, 1.82) is 0 Å². The molecule has 0 saturated carbocycles. The van der Waals surface area contributed by atoms with Gasteiger partial charge in [0.1, 0.15) is 6.04 Å². The molecule has 7 nitrogen and oxygen atoms in total. The summed E-state index contributed by atoms with van der Waals surface area (Å²) in [5.74, 6) is -3.10. The van der Waals surface area contributed by atoms with E-state index in [4.69, 9.17) is 10.5 Å². The number of rotatable bonds is 4. The van der Waals surface area contributed by atoms with Gasteiger partial charge in [-0.1, -0.05) is 12.2 Å². The Morgan fingerprint density at radius 1 is 1.19 bits per heavy atom. The summed E-state index contributed by atoms with van der Waals surface area (Å²) in [5.41, 5.74) is 5.02. The standard InChI is InChI=1S/C14H18N2O5/c1-7(14(20)21-8(2)11(15)17)16-12(18)9-5-3-4-6-10(9)13(16)19/h3-4,7-10H,5-6H2,1-2H3,(H2,15,17)/t7-,8-,9-,10-/m0/s1. The van der Waals surface area contributed by atoms with Crippen LogP contribution in [0.1, 0.15) is 26.7 Å². The molecule has 2 N–H and O–H groups in total. The Balaban J connectivity index is 2.11. The van der Waals surface area contributed by atoms with Gasteiger partial charge >= 0.3 is 5.97 Å². The van der Waals surface area contributed by atoms with Crippen LogP contribution in [0.15, 0.2) is 12.2 Å². The zero-order valence-electron chi connectivity index (χ0n) is 11.9. The van der Waals surface area contributed by atoms with Gasteiger partial charge in [0.05, 0.1) is 11.8 Å². The van der Waals surface area contributed by atoms with Crippen molar-refractivity contribution in [2.75, 3.05) is 0 Å². The largest absolute Gasteiger partial charge is 0.451 e. The number of carbonyl (C=O) groups excluding carboxylic acids is 4. The van der Waals surface area contributed by atoms with E-state index in [2.05, 4.69) is 0 Å². The van der Waals surface area contributed by atoms with Gasteiger partial charge in [-0.3, -0.25) is 19.3 Å². The fourth-order valence-electron chi connectivity index (χ4n) is 2.64. The summed E-state index contributed by atoms with van der Waals surface area (Å²) in [6, 6.07) is -1.06. The number of imide groups is 1. The molecule has 1 aliphatic heterocycles. The lowest BCUT2D eigenvalue weighted by atomic mass is 9.85. The number of likely N-dealkylation sites (tertiary alicyclic amines) is 1. The van der Waals surface area contributed by atoms with Gasteiger partial charge in [0.25, 0.3) is 5.91 Å². The fraction of sp³-hybridized carbons (Fsp3) is 0.571. The van der Waals surface area contributed by atoms with Crippen molar-refractivity contribution >= 4 is 23.7 Å². The van der Waals surface area contributed by atoms with Crippen LogP contribution in [0.2, 0.25) is 0 Å². The van der Waals surface area contributed by atoms with Crippen molar-refractivity contribution in [1.82, 2.24) is 4.90 Å². The van der Waals surface area contributed by atoms with Crippen molar-refractivity contribution < 1.29 is 23.9 Å². The van der Waals surface area contributed by atoms with E-state index in [1.165, 1.54) is 13.8 Å². The molecule has 0 aromatic heterocycles. The third-order valence-corrected chi connectivity index (χ3v) is 3.96.